The Morgan fingerprint density at radius 2 is 1.60 bits per heavy atom. The van der Waals surface area contributed by atoms with E-state index in [1.165, 1.54) is 0 Å². The van der Waals surface area contributed by atoms with E-state index < -0.39 is 0 Å². The zero-order valence-corrected chi connectivity index (χ0v) is 11.2. The second-order valence-electron chi connectivity index (χ2n) is 6.40. The molecule has 0 heterocycles. The van der Waals surface area contributed by atoms with E-state index in [0.29, 0.717) is 0 Å². The summed E-state index contributed by atoms with van der Waals surface area (Å²) >= 11 is 0. The van der Waals surface area contributed by atoms with E-state index in [1.54, 1.807) is 0 Å². The van der Waals surface area contributed by atoms with Gasteiger partial charge >= 0.3 is 0 Å². The lowest BCUT2D eigenvalue weighted by atomic mass is 9.96. The van der Waals surface area contributed by atoms with Crippen LogP contribution in [0.1, 0.15) is 48.5 Å². The highest BCUT2D eigenvalue weighted by atomic mass is 16.2. The van der Waals surface area contributed by atoms with Crippen molar-refractivity contribution in [3.05, 3.63) is 0 Å². The topological polar surface area (TPSA) is 41.1 Å². The molecule has 0 saturated carbocycles. The zero-order chi connectivity index (χ0) is 12.3. The third-order valence-corrected chi connectivity index (χ3v) is 1.83. The number of carbonyl (C=O) groups excluding carboxylic acids is 1. The standard InChI is InChI=1S/C12H26N2O/c1-9(13-8-11(2,3)4)10(15)14-12(5,6)7/h9,13H,8H2,1-7H3,(H,14,15). The largest absolute Gasteiger partial charge is 0.350 e. The summed E-state index contributed by atoms with van der Waals surface area (Å²) in [4.78, 5) is 11.7. The number of hydrogen-bond donors (Lipinski definition) is 2. The van der Waals surface area contributed by atoms with E-state index in [2.05, 4.69) is 31.4 Å². The first-order valence-electron chi connectivity index (χ1n) is 5.57. The van der Waals surface area contributed by atoms with Crippen molar-refractivity contribution in [1.82, 2.24) is 10.6 Å². The normalized spacial score (nSPS) is 14.9. The van der Waals surface area contributed by atoms with E-state index in [1.807, 2.05) is 27.7 Å². The van der Waals surface area contributed by atoms with Crippen LogP contribution in [0.15, 0.2) is 0 Å². The van der Waals surface area contributed by atoms with Crippen LogP contribution in [0.4, 0.5) is 0 Å². The van der Waals surface area contributed by atoms with Crippen LogP contribution in [0, 0.1) is 5.41 Å². The summed E-state index contributed by atoms with van der Waals surface area (Å²) in [7, 11) is 0. The Hall–Kier alpha value is -0.570. The minimum atomic E-state index is -0.158. The second kappa shape index (κ2) is 4.97. The predicted molar refractivity (Wildman–Crippen MR) is 64.8 cm³/mol. The van der Waals surface area contributed by atoms with Gasteiger partial charge in [0.05, 0.1) is 6.04 Å². The highest BCUT2D eigenvalue weighted by molar-refractivity contribution is 5.81. The smallest absolute Gasteiger partial charge is 0.237 e. The molecule has 2 N–H and O–H groups in total. The van der Waals surface area contributed by atoms with Crippen LogP contribution in [0.3, 0.4) is 0 Å². The third-order valence-electron chi connectivity index (χ3n) is 1.83. The first-order valence-corrected chi connectivity index (χ1v) is 5.57. The van der Waals surface area contributed by atoms with Gasteiger partial charge in [-0.2, -0.15) is 0 Å². The van der Waals surface area contributed by atoms with Crippen molar-refractivity contribution in [2.75, 3.05) is 6.54 Å². The molecule has 0 fully saturated rings. The van der Waals surface area contributed by atoms with Crippen LogP contribution in [0.5, 0.6) is 0 Å². The molecule has 0 aliphatic heterocycles. The Bertz CT molecular complexity index is 211. The third kappa shape index (κ3) is 8.43. The molecule has 0 aromatic carbocycles. The van der Waals surface area contributed by atoms with Crippen LogP contribution in [-0.2, 0) is 4.79 Å². The molecule has 15 heavy (non-hydrogen) atoms. The van der Waals surface area contributed by atoms with Gasteiger partial charge in [0.2, 0.25) is 5.91 Å². The molecule has 0 aromatic heterocycles. The zero-order valence-electron chi connectivity index (χ0n) is 11.2. The Morgan fingerprint density at radius 3 is 1.93 bits per heavy atom. The summed E-state index contributed by atoms with van der Waals surface area (Å²) in [6.07, 6.45) is 0. The van der Waals surface area contributed by atoms with Gasteiger partial charge in [-0.15, -0.1) is 0 Å². The fourth-order valence-corrected chi connectivity index (χ4v) is 1.03. The van der Waals surface area contributed by atoms with Gasteiger partial charge in [-0.05, 0) is 33.1 Å². The van der Waals surface area contributed by atoms with Gasteiger partial charge in [-0.25, -0.2) is 0 Å². The van der Waals surface area contributed by atoms with Crippen LogP contribution >= 0.6 is 0 Å². The first-order chi connectivity index (χ1) is 6.51. The van der Waals surface area contributed by atoms with Gasteiger partial charge in [0, 0.05) is 12.1 Å². The van der Waals surface area contributed by atoms with Gasteiger partial charge < -0.3 is 10.6 Å². The van der Waals surface area contributed by atoms with Crippen molar-refractivity contribution in [2.24, 2.45) is 5.41 Å². The first kappa shape index (κ1) is 14.4. The molecule has 0 aromatic rings. The van der Waals surface area contributed by atoms with E-state index in [9.17, 15) is 4.79 Å². The molecule has 0 rings (SSSR count). The van der Waals surface area contributed by atoms with Crippen molar-refractivity contribution in [3.63, 3.8) is 0 Å². The van der Waals surface area contributed by atoms with Gasteiger partial charge in [-0.1, -0.05) is 20.8 Å². The maximum absolute atomic E-state index is 11.7. The monoisotopic (exact) mass is 214 g/mol. The molecule has 3 heteroatoms. The lowest BCUT2D eigenvalue weighted by Gasteiger charge is -2.26. The Labute approximate surface area is 94.0 Å². The van der Waals surface area contributed by atoms with Crippen LogP contribution < -0.4 is 10.6 Å². The average Bonchev–Trinajstić information content (AvgIpc) is 1.95. The second-order valence-corrected chi connectivity index (χ2v) is 6.40. The summed E-state index contributed by atoms with van der Waals surface area (Å²) in [5, 5.41) is 6.19. The average molecular weight is 214 g/mol. The molecule has 1 amide bonds. The number of carbonyl (C=O) groups is 1. The maximum atomic E-state index is 11.7. The quantitative estimate of drug-likeness (QED) is 0.753. The van der Waals surface area contributed by atoms with Gasteiger partial charge in [0.1, 0.15) is 0 Å². The Morgan fingerprint density at radius 1 is 1.13 bits per heavy atom. The van der Waals surface area contributed by atoms with Gasteiger partial charge in [0.25, 0.3) is 0 Å². The number of nitrogens with one attached hydrogen (secondary N) is 2. The van der Waals surface area contributed by atoms with Crippen molar-refractivity contribution < 1.29 is 4.79 Å². The van der Waals surface area contributed by atoms with Crippen molar-refractivity contribution >= 4 is 5.91 Å². The van der Waals surface area contributed by atoms with Crippen LogP contribution in [-0.4, -0.2) is 24.0 Å². The van der Waals surface area contributed by atoms with Gasteiger partial charge in [0.15, 0.2) is 0 Å². The lowest BCUT2D eigenvalue weighted by Crippen LogP contribution is -2.50. The minimum absolute atomic E-state index is 0.0618. The lowest BCUT2D eigenvalue weighted by molar-refractivity contribution is -0.124. The summed E-state index contributed by atoms with van der Waals surface area (Å²) in [5.41, 5.74) is 0.0467. The van der Waals surface area contributed by atoms with E-state index in [0.717, 1.165) is 6.54 Å². The summed E-state index contributed by atoms with van der Waals surface area (Å²) in [6, 6.07) is -0.136. The summed E-state index contributed by atoms with van der Waals surface area (Å²) < 4.78 is 0. The molecule has 0 bridgehead atoms. The number of hydrogen-bond acceptors (Lipinski definition) is 2. The van der Waals surface area contributed by atoms with Crippen molar-refractivity contribution in [2.45, 2.75) is 60.0 Å². The molecule has 0 saturated heterocycles. The molecule has 90 valence electrons. The number of rotatable bonds is 3. The molecular formula is C12H26N2O. The van der Waals surface area contributed by atoms with Crippen molar-refractivity contribution in [3.8, 4) is 0 Å². The minimum Gasteiger partial charge on any atom is -0.350 e. The highest BCUT2D eigenvalue weighted by Crippen LogP contribution is 2.10. The fourth-order valence-electron chi connectivity index (χ4n) is 1.03. The Balaban J connectivity index is 4.01. The molecule has 0 aliphatic carbocycles. The molecule has 0 radical (unpaired) electrons. The van der Waals surface area contributed by atoms with E-state index >= 15 is 0 Å². The summed E-state index contributed by atoms with van der Waals surface area (Å²) in [5.74, 6) is 0.0618. The van der Waals surface area contributed by atoms with Gasteiger partial charge in [-0.3, -0.25) is 4.79 Å². The summed E-state index contributed by atoms with van der Waals surface area (Å²) in [6.45, 7) is 15.1. The maximum Gasteiger partial charge on any atom is 0.237 e. The SMILES string of the molecule is CC(NCC(C)(C)C)C(=O)NC(C)(C)C. The number of amides is 1. The van der Waals surface area contributed by atoms with E-state index in [4.69, 9.17) is 0 Å². The molecule has 0 aliphatic rings. The van der Waals surface area contributed by atoms with E-state index in [-0.39, 0.29) is 22.9 Å². The fraction of sp³-hybridized carbons (Fsp3) is 0.917. The predicted octanol–water partition coefficient (Wildman–Crippen LogP) is 1.93. The molecular weight excluding hydrogens is 188 g/mol. The van der Waals surface area contributed by atoms with Crippen LogP contribution in [0.25, 0.3) is 0 Å². The highest BCUT2D eigenvalue weighted by Gasteiger charge is 2.20. The van der Waals surface area contributed by atoms with Crippen molar-refractivity contribution in [1.29, 1.82) is 0 Å². The molecule has 1 unspecified atom stereocenters. The molecule has 0 spiro atoms. The molecule has 3 nitrogen and oxygen atoms in total. The molecule has 1 atom stereocenters. The van der Waals surface area contributed by atoms with Crippen LogP contribution in [0.2, 0.25) is 0 Å². The Kier molecular flexibility index (Phi) is 4.78.